The van der Waals surface area contributed by atoms with E-state index in [1.54, 1.807) is 17.5 Å². The molecule has 1 aromatic heterocycles. The van der Waals surface area contributed by atoms with Crippen molar-refractivity contribution in [2.45, 2.75) is 0 Å². The summed E-state index contributed by atoms with van der Waals surface area (Å²) in [6.45, 7) is 0. The molecule has 0 amide bonds. The zero-order valence-electron chi connectivity index (χ0n) is 7.21. The summed E-state index contributed by atoms with van der Waals surface area (Å²) in [4.78, 5) is 4.04. The van der Waals surface area contributed by atoms with Crippen LogP contribution in [0, 0.1) is 5.82 Å². The zero-order chi connectivity index (χ0) is 10.8. The lowest BCUT2D eigenvalue weighted by Gasteiger charge is -2.01. The molecule has 0 aliphatic heterocycles. The number of rotatable bonds is 2. The van der Waals surface area contributed by atoms with Gasteiger partial charge in [-0.15, -0.1) is 0 Å². The maximum absolute atomic E-state index is 13.1. The molecule has 78 valence electrons. The van der Waals surface area contributed by atoms with Crippen molar-refractivity contribution in [1.29, 1.82) is 0 Å². The van der Waals surface area contributed by atoms with Gasteiger partial charge in [0.15, 0.2) is 0 Å². The Morgan fingerprint density at radius 2 is 2.13 bits per heavy atom. The van der Waals surface area contributed by atoms with Gasteiger partial charge < -0.3 is 4.74 Å². The van der Waals surface area contributed by atoms with Crippen LogP contribution in [0.25, 0.3) is 0 Å². The Balaban J connectivity index is 2.21. The normalized spacial score (nSPS) is 10.3. The van der Waals surface area contributed by atoms with Crippen LogP contribution in [-0.4, -0.2) is 4.98 Å². The van der Waals surface area contributed by atoms with E-state index in [0.29, 0.717) is 20.0 Å². The minimum atomic E-state index is -0.358. The highest BCUT2D eigenvalue weighted by Gasteiger charge is 2.05. The molecular formula is C9H4Br2FNOS. The predicted octanol–water partition coefficient (Wildman–Crippen LogP) is 4.60. The fourth-order valence-electron chi connectivity index (χ4n) is 0.927. The Bertz CT molecular complexity index is 489. The molecule has 2 aromatic rings. The van der Waals surface area contributed by atoms with Crippen molar-refractivity contribution < 1.29 is 9.13 Å². The Hall–Kier alpha value is -0.460. The topological polar surface area (TPSA) is 22.1 Å². The second-order valence-corrected chi connectivity index (χ2v) is 5.10. The van der Waals surface area contributed by atoms with E-state index in [1.165, 1.54) is 17.4 Å². The van der Waals surface area contributed by atoms with Gasteiger partial charge in [0.2, 0.25) is 0 Å². The predicted molar refractivity (Wildman–Crippen MR) is 64.0 cm³/mol. The van der Waals surface area contributed by atoms with Gasteiger partial charge in [0.1, 0.15) is 16.2 Å². The Kier molecular flexibility index (Phi) is 3.38. The third-order valence-electron chi connectivity index (χ3n) is 1.55. The fraction of sp³-hybridized carbons (Fsp3) is 0. The molecule has 0 unspecified atom stereocenters. The minimum Gasteiger partial charge on any atom is -0.431 e. The highest BCUT2D eigenvalue weighted by atomic mass is 79.9. The molecule has 15 heavy (non-hydrogen) atoms. The summed E-state index contributed by atoms with van der Waals surface area (Å²) in [5, 5.41) is 2.27. The molecular weight excluding hydrogens is 349 g/mol. The van der Waals surface area contributed by atoms with E-state index in [2.05, 4.69) is 36.8 Å². The monoisotopic (exact) mass is 351 g/mol. The highest BCUT2D eigenvalue weighted by molar-refractivity contribution is 9.10. The van der Waals surface area contributed by atoms with Crippen LogP contribution in [-0.2, 0) is 0 Å². The van der Waals surface area contributed by atoms with Crippen molar-refractivity contribution in [1.82, 2.24) is 4.98 Å². The number of thiazole rings is 1. The van der Waals surface area contributed by atoms with Gasteiger partial charge in [-0.05, 0) is 44.0 Å². The second-order valence-electron chi connectivity index (χ2n) is 2.61. The van der Waals surface area contributed by atoms with E-state index >= 15 is 0 Å². The second kappa shape index (κ2) is 4.59. The van der Waals surface area contributed by atoms with E-state index in [0.717, 1.165) is 0 Å². The maximum atomic E-state index is 13.1. The highest BCUT2D eigenvalue weighted by Crippen LogP contribution is 2.29. The number of hydrogen-bond acceptors (Lipinski definition) is 3. The van der Waals surface area contributed by atoms with E-state index < -0.39 is 0 Å². The lowest BCUT2D eigenvalue weighted by atomic mass is 10.3. The lowest BCUT2D eigenvalue weighted by Crippen LogP contribution is -1.85. The summed E-state index contributed by atoms with van der Waals surface area (Å²) in [6.07, 6.45) is 0. The molecule has 0 aliphatic rings. The van der Waals surface area contributed by atoms with Gasteiger partial charge >= 0.3 is 0 Å². The molecule has 0 radical (unpaired) electrons. The van der Waals surface area contributed by atoms with Crippen molar-refractivity contribution in [3.8, 4) is 10.9 Å². The van der Waals surface area contributed by atoms with Crippen molar-refractivity contribution in [3.63, 3.8) is 0 Å². The van der Waals surface area contributed by atoms with E-state index in [1.807, 2.05) is 0 Å². The van der Waals surface area contributed by atoms with Crippen molar-refractivity contribution in [2.75, 3.05) is 0 Å². The zero-order valence-corrected chi connectivity index (χ0v) is 11.2. The first-order valence-electron chi connectivity index (χ1n) is 3.89. The number of benzene rings is 1. The van der Waals surface area contributed by atoms with Gasteiger partial charge in [0.25, 0.3) is 5.19 Å². The summed E-state index contributed by atoms with van der Waals surface area (Å²) in [6, 6.07) is 4.56. The first-order valence-corrected chi connectivity index (χ1v) is 6.35. The van der Waals surface area contributed by atoms with Crippen LogP contribution in [0.4, 0.5) is 4.39 Å². The molecule has 0 fully saturated rings. The standard InChI is InChI=1S/C9H4Br2FNOS/c10-6-2-1-5(3-7(6)12)14-9-13-8(11)4-15-9/h1-4H. The average Bonchev–Trinajstić information content (AvgIpc) is 2.58. The summed E-state index contributed by atoms with van der Waals surface area (Å²) in [7, 11) is 0. The number of ether oxygens (including phenoxy) is 1. The fourth-order valence-corrected chi connectivity index (χ4v) is 2.28. The molecule has 0 bridgehead atoms. The Labute approximate surface area is 106 Å². The average molecular weight is 353 g/mol. The molecule has 0 spiro atoms. The molecule has 1 aromatic carbocycles. The largest absolute Gasteiger partial charge is 0.431 e. The summed E-state index contributed by atoms with van der Waals surface area (Å²) < 4.78 is 19.6. The van der Waals surface area contributed by atoms with E-state index in [-0.39, 0.29) is 5.82 Å². The molecule has 0 aliphatic carbocycles. The number of nitrogens with zero attached hydrogens (tertiary/aromatic N) is 1. The van der Waals surface area contributed by atoms with Crippen LogP contribution in [0.3, 0.4) is 0 Å². The number of hydrogen-bond donors (Lipinski definition) is 0. The lowest BCUT2D eigenvalue weighted by molar-refractivity contribution is 0.472. The van der Waals surface area contributed by atoms with Gasteiger partial charge in [0.05, 0.1) is 4.47 Å². The van der Waals surface area contributed by atoms with Gasteiger partial charge in [-0.25, -0.2) is 4.39 Å². The molecule has 6 heteroatoms. The summed E-state index contributed by atoms with van der Waals surface area (Å²) >= 11 is 7.62. The molecule has 0 saturated heterocycles. The SMILES string of the molecule is Fc1cc(Oc2nc(Br)cs2)ccc1Br. The molecule has 2 rings (SSSR count). The van der Waals surface area contributed by atoms with Crippen LogP contribution in [0.1, 0.15) is 0 Å². The number of halogens is 3. The molecule has 0 saturated carbocycles. The van der Waals surface area contributed by atoms with Crippen molar-refractivity contribution in [3.05, 3.63) is 38.5 Å². The van der Waals surface area contributed by atoms with Crippen LogP contribution in [0.2, 0.25) is 0 Å². The van der Waals surface area contributed by atoms with E-state index in [9.17, 15) is 4.39 Å². The quantitative estimate of drug-likeness (QED) is 0.788. The third-order valence-corrected chi connectivity index (χ3v) is 3.62. The first kappa shape index (κ1) is 11.0. The van der Waals surface area contributed by atoms with E-state index in [4.69, 9.17) is 4.74 Å². The molecule has 0 atom stereocenters. The minimum absolute atomic E-state index is 0.358. The summed E-state index contributed by atoms with van der Waals surface area (Å²) in [5.74, 6) is 0.0701. The maximum Gasteiger partial charge on any atom is 0.279 e. The molecule has 2 nitrogen and oxygen atoms in total. The number of aromatic nitrogens is 1. The Morgan fingerprint density at radius 1 is 1.33 bits per heavy atom. The van der Waals surface area contributed by atoms with Crippen LogP contribution in [0.15, 0.2) is 32.7 Å². The molecule has 0 N–H and O–H groups in total. The van der Waals surface area contributed by atoms with Crippen LogP contribution in [0.5, 0.6) is 10.9 Å². The Morgan fingerprint density at radius 3 is 2.73 bits per heavy atom. The van der Waals surface area contributed by atoms with Gasteiger partial charge in [0, 0.05) is 11.4 Å². The van der Waals surface area contributed by atoms with Gasteiger partial charge in [-0.1, -0.05) is 11.3 Å². The smallest absolute Gasteiger partial charge is 0.279 e. The molecule has 1 heterocycles. The van der Waals surface area contributed by atoms with Gasteiger partial charge in [-0.2, -0.15) is 4.98 Å². The van der Waals surface area contributed by atoms with Crippen molar-refractivity contribution in [2.24, 2.45) is 0 Å². The third kappa shape index (κ3) is 2.76. The summed E-state index contributed by atoms with van der Waals surface area (Å²) in [5.41, 5.74) is 0. The van der Waals surface area contributed by atoms with Crippen molar-refractivity contribution >= 4 is 43.2 Å². The van der Waals surface area contributed by atoms with Crippen LogP contribution < -0.4 is 4.74 Å². The van der Waals surface area contributed by atoms with Crippen LogP contribution >= 0.6 is 43.2 Å². The first-order chi connectivity index (χ1) is 7.15. The van der Waals surface area contributed by atoms with Gasteiger partial charge in [-0.3, -0.25) is 0 Å².